The van der Waals surface area contributed by atoms with E-state index in [-0.39, 0.29) is 46.7 Å². The fourth-order valence-corrected chi connectivity index (χ4v) is 4.17. The molecule has 160 valence electrons. The van der Waals surface area contributed by atoms with E-state index < -0.39 is 4.92 Å². The first-order valence-corrected chi connectivity index (χ1v) is 10.2. The van der Waals surface area contributed by atoms with Crippen LogP contribution in [0.2, 0.25) is 5.02 Å². The third-order valence-corrected chi connectivity index (χ3v) is 5.91. The summed E-state index contributed by atoms with van der Waals surface area (Å²) in [5.74, 6) is -0.601. The molecular weight excluding hydrogens is 424 g/mol. The van der Waals surface area contributed by atoms with Crippen molar-refractivity contribution in [2.45, 2.75) is 18.9 Å². The van der Waals surface area contributed by atoms with Gasteiger partial charge in [0.15, 0.2) is 0 Å². The Balaban J connectivity index is 1.42. The van der Waals surface area contributed by atoms with Crippen LogP contribution < -0.4 is 4.90 Å². The van der Waals surface area contributed by atoms with Crippen LogP contribution >= 0.6 is 11.6 Å². The minimum absolute atomic E-state index is 0.00964. The van der Waals surface area contributed by atoms with Gasteiger partial charge in [0.25, 0.3) is 17.5 Å². The van der Waals surface area contributed by atoms with Crippen molar-refractivity contribution in [2.24, 2.45) is 0 Å². The summed E-state index contributed by atoms with van der Waals surface area (Å²) in [5, 5.41) is 11.0. The number of nitro groups is 1. The third kappa shape index (κ3) is 3.96. The molecule has 2 aromatic rings. The van der Waals surface area contributed by atoms with Gasteiger partial charge in [-0.25, -0.2) is 9.69 Å². The van der Waals surface area contributed by atoms with E-state index in [2.05, 4.69) is 0 Å². The Morgan fingerprint density at radius 2 is 1.74 bits per heavy atom. The van der Waals surface area contributed by atoms with Gasteiger partial charge in [-0.3, -0.25) is 19.7 Å². The molecule has 2 aliphatic rings. The zero-order valence-electron chi connectivity index (χ0n) is 16.4. The maximum Gasteiger partial charge on any atom is 0.332 e. The molecule has 2 aromatic carbocycles. The van der Waals surface area contributed by atoms with Crippen molar-refractivity contribution < 1.29 is 19.3 Å². The fourth-order valence-electron chi connectivity index (χ4n) is 3.98. The van der Waals surface area contributed by atoms with Gasteiger partial charge in [-0.1, -0.05) is 29.8 Å². The zero-order chi connectivity index (χ0) is 22.1. The molecule has 2 aliphatic heterocycles. The monoisotopic (exact) mass is 442 g/mol. The normalized spacial score (nSPS) is 17.4. The lowest BCUT2D eigenvalue weighted by atomic mass is 10.0. The van der Waals surface area contributed by atoms with Crippen LogP contribution in [0.3, 0.4) is 0 Å². The summed E-state index contributed by atoms with van der Waals surface area (Å²) in [6.07, 6.45) is 1.03. The Kier molecular flexibility index (Phi) is 5.60. The highest BCUT2D eigenvalue weighted by atomic mass is 35.5. The van der Waals surface area contributed by atoms with Crippen molar-refractivity contribution >= 4 is 40.8 Å². The van der Waals surface area contributed by atoms with E-state index >= 15 is 0 Å². The average Bonchev–Trinajstić information content (AvgIpc) is 3.08. The van der Waals surface area contributed by atoms with Gasteiger partial charge >= 0.3 is 6.03 Å². The molecule has 0 unspecified atom stereocenters. The van der Waals surface area contributed by atoms with Crippen LogP contribution in [0.15, 0.2) is 48.5 Å². The Bertz CT molecular complexity index is 1050. The molecule has 0 spiro atoms. The molecule has 4 rings (SSSR count). The van der Waals surface area contributed by atoms with E-state index in [9.17, 15) is 24.5 Å². The molecule has 2 saturated heterocycles. The summed E-state index contributed by atoms with van der Waals surface area (Å²) in [6, 6.07) is 12.2. The van der Waals surface area contributed by atoms with E-state index in [0.29, 0.717) is 31.6 Å². The second-order valence-corrected chi connectivity index (χ2v) is 7.83. The van der Waals surface area contributed by atoms with Gasteiger partial charge in [0, 0.05) is 30.8 Å². The maximum atomic E-state index is 12.9. The smallest absolute Gasteiger partial charge is 0.332 e. The number of hydrogen-bond acceptors (Lipinski definition) is 5. The maximum absolute atomic E-state index is 12.9. The number of halogens is 1. The number of anilines is 1. The van der Waals surface area contributed by atoms with Crippen molar-refractivity contribution in [3.05, 3.63) is 69.2 Å². The number of likely N-dealkylation sites (tertiary alicyclic amines) is 1. The molecule has 0 aromatic heterocycles. The number of carbonyl (C=O) groups is 3. The second kappa shape index (κ2) is 8.35. The summed E-state index contributed by atoms with van der Waals surface area (Å²) in [4.78, 5) is 52.9. The van der Waals surface area contributed by atoms with Crippen LogP contribution in [-0.4, -0.2) is 58.2 Å². The third-order valence-electron chi connectivity index (χ3n) is 5.59. The number of amides is 4. The van der Waals surface area contributed by atoms with Crippen LogP contribution in [0.4, 0.5) is 16.2 Å². The molecule has 10 heteroatoms. The lowest BCUT2D eigenvalue weighted by Crippen LogP contribution is -2.48. The fraction of sp³-hybridized carbons (Fsp3) is 0.286. The number of nitrogens with zero attached hydrogens (tertiary/aromatic N) is 4. The Labute approximate surface area is 182 Å². The van der Waals surface area contributed by atoms with Gasteiger partial charge in [-0.2, -0.15) is 0 Å². The summed E-state index contributed by atoms with van der Waals surface area (Å²) >= 11 is 5.82. The number of imide groups is 1. The molecule has 0 radical (unpaired) electrons. The Hall–Kier alpha value is -3.46. The van der Waals surface area contributed by atoms with E-state index in [1.165, 1.54) is 23.1 Å². The molecule has 0 saturated carbocycles. The van der Waals surface area contributed by atoms with E-state index in [1.807, 2.05) is 6.07 Å². The lowest BCUT2D eigenvalue weighted by molar-refractivity contribution is -0.384. The summed E-state index contributed by atoms with van der Waals surface area (Å²) in [5.41, 5.74) is 0.416. The van der Waals surface area contributed by atoms with Crippen LogP contribution in [-0.2, 0) is 4.79 Å². The molecule has 0 N–H and O–H groups in total. The van der Waals surface area contributed by atoms with Crippen molar-refractivity contribution in [3.63, 3.8) is 0 Å². The molecule has 31 heavy (non-hydrogen) atoms. The van der Waals surface area contributed by atoms with Gasteiger partial charge in [-0.15, -0.1) is 0 Å². The number of urea groups is 1. The molecule has 2 heterocycles. The van der Waals surface area contributed by atoms with Crippen LogP contribution in [0.5, 0.6) is 0 Å². The first kappa shape index (κ1) is 20.8. The van der Waals surface area contributed by atoms with Crippen LogP contribution in [0.1, 0.15) is 23.2 Å². The standard InChI is InChI=1S/C21H19ClN4O5/c22-17-7-6-14(12-18(17)26(30)31)20(28)23-10-8-15(9-11-23)24-13-19(27)25(21(24)29)16-4-2-1-3-5-16/h1-7,12,15H,8-11,13H2. The predicted molar refractivity (Wildman–Crippen MR) is 113 cm³/mol. The predicted octanol–water partition coefficient (Wildman–Crippen LogP) is 3.32. The average molecular weight is 443 g/mol. The highest BCUT2D eigenvalue weighted by Crippen LogP contribution is 2.28. The quantitative estimate of drug-likeness (QED) is 0.410. The van der Waals surface area contributed by atoms with Crippen molar-refractivity contribution in [1.29, 1.82) is 0 Å². The van der Waals surface area contributed by atoms with E-state index in [0.717, 1.165) is 0 Å². The highest BCUT2D eigenvalue weighted by molar-refractivity contribution is 6.32. The van der Waals surface area contributed by atoms with Crippen LogP contribution in [0, 0.1) is 10.1 Å². The topological polar surface area (TPSA) is 104 Å². The first-order chi connectivity index (χ1) is 14.9. The number of nitro benzene ring substituents is 1. The second-order valence-electron chi connectivity index (χ2n) is 7.42. The van der Waals surface area contributed by atoms with Gasteiger partial charge < -0.3 is 9.80 Å². The summed E-state index contributed by atoms with van der Waals surface area (Å²) in [7, 11) is 0. The number of carbonyl (C=O) groups excluding carboxylic acids is 3. The zero-order valence-corrected chi connectivity index (χ0v) is 17.2. The minimum atomic E-state index is -0.625. The van der Waals surface area contributed by atoms with Gasteiger partial charge in [-0.05, 0) is 37.1 Å². The minimum Gasteiger partial charge on any atom is -0.338 e. The summed E-state index contributed by atoms with van der Waals surface area (Å²) in [6.45, 7) is 0.766. The Morgan fingerprint density at radius 1 is 1.06 bits per heavy atom. The molecule has 4 amide bonds. The SMILES string of the molecule is O=C(c1ccc(Cl)c([N+](=O)[O-])c1)N1CCC(N2CC(=O)N(c3ccccc3)C2=O)CC1. The molecule has 9 nitrogen and oxygen atoms in total. The molecule has 0 atom stereocenters. The summed E-state index contributed by atoms with van der Waals surface area (Å²) < 4.78 is 0. The number of benzene rings is 2. The van der Waals surface area contributed by atoms with E-state index in [1.54, 1.807) is 34.1 Å². The molecular formula is C21H19ClN4O5. The van der Waals surface area contributed by atoms with Crippen molar-refractivity contribution in [2.75, 3.05) is 24.5 Å². The molecule has 0 bridgehead atoms. The van der Waals surface area contributed by atoms with Gasteiger partial charge in [0.2, 0.25) is 0 Å². The number of para-hydroxylation sites is 1. The largest absolute Gasteiger partial charge is 0.338 e. The number of rotatable bonds is 4. The van der Waals surface area contributed by atoms with Crippen LogP contribution in [0.25, 0.3) is 0 Å². The van der Waals surface area contributed by atoms with Gasteiger partial charge in [0.05, 0.1) is 10.6 Å². The van der Waals surface area contributed by atoms with E-state index in [4.69, 9.17) is 11.6 Å². The van der Waals surface area contributed by atoms with Crippen molar-refractivity contribution in [3.8, 4) is 0 Å². The molecule has 2 fully saturated rings. The molecule has 0 aliphatic carbocycles. The lowest BCUT2D eigenvalue weighted by Gasteiger charge is -2.36. The first-order valence-electron chi connectivity index (χ1n) is 9.78. The Morgan fingerprint density at radius 3 is 2.39 bits per heavy atom. The number of piperidine rings is 1. The number of hydrogen-bond donors (Lipinski definition) is 0. The highest BCUT2D eigenvalue weighted by Gasteiger charge is 2.41. The van der Waals surface area contributed by atoms with Crippen molar-refractivity contribution in [1.82, 2.24) is 9.80 Å². The van der Waals surface area contributed by atoms with Gasteiger partial charge in [0.1, 0.15) is 11.6 Å².